The summed E-state index contributed by atoms with van der Waals surface area (Å²) < 4.78 is 0. The number of nitrogens with one attached hydrogen (secondary N) is 1. The van der Waals surface area contributed by atoms with Gasteiger partial charge in [-0.05, 0) is 299 Å². The van der Waals surface area contributed by atoms with Crippen molar-refractivity contribution in [3.63, 3.8) is 0 Å². The molecular formula is C138H93ClN4. The molecule has 0 bridgehead atoms. The third-order valence-electron chi connectivity index (χ3n) is 29.6. The molecule has 0 fully saturated rings. The summed E-state index contributed by atoms with van der Waals surface area (Å²) in [6.45, 7) is 0. The SMILES string of the molecule is Clc1ccc2c(ccc3cc(-c4ccc5c(c4)C4(c6ccccc6-5)c5ccccc5N(c5ccccc5)c5ccccc54)ccc32)c1.c1ccc(-c2ccc(N(c3ccc4c(ccc5cc(-c6ccc7c(c6)C6(c8ccccc8-7)c7ccccc7N(c7ccccc7)c7ccccc76)ccc54)c3)c3ccccc3-c3ccccc3)cc2)cc1.c1ccc(-c2ccc(Nc3ccccc3-c3ccccc3)cc2)cc1. The predicted molar refractivity (Wildman–Crippen MR) is 602 cm³/mol. The van der Waals surface area contributed by atoms with Crippen LogP contribution in [0.5, 0.6) is 0 Å². The van der Waals surface area contributed by atoms with Crippen molar-refractivity contribution < 1.29 is 0 Å². The second-order valence-corrected chi connectivity index (χ2v) is 37.8. The van der Waals surface area contributed by atoms with E-state index < -0.39 is 10.8 Å². The summed E-state index contributed by atoms with van der Waals surface area (Å²) in [4.78, 5) is 7.29. The molecule has 0 unspecified atom stereocenters. The second kappa shape index (κ2) is 36.0. The molecule has 2 aliphatic heterocycles. The number of anilines is 11. The van der Waals surface area contributed by atoms with Gasteiger partial charge in [-0.1, -0.05) is 436 Å². The molecule has 0 amide bonds. The van der Waals surface area contributed by atoms with E-state index in [-0.39, 0.29) is 0 Å². The molecule has 0 saturated heterocycles. The fraction of sp³-hybridized carbons (Fsp3) is 0.0145. The molecule has 4 nitrogen and oxygen atoms in total. The van der Waals surface area contributed by atoms with Crippen molar-refractivity contribution in [2.75, 3.05) is 20.0 Å². The van der Waals surface area contributed by atoms with Crippen LogP contribution in [0.3, 0.4) is 0 Å². The van der Waals surface area contributed by atoms with Crippen molar-refractivity contribution in [1.82, 2.24) is 0 Å². The Morgan fingerprint density at radius 1 is 0.189 bits per heavy atom. The minimum Gasteiger partial charge on any atom is -0.355 e. The average molecular weight is 1840 g/mol. The molecule has 4 aliphatic rings. The molecule has 2 spiro atoms. The van der Waals surface area contributed by atoms with Gasteiger partial charge in [-0.2, -0.15) is 0 Å². The highest BCUT2D eigenvalue weighted by molar-refractivity contribution is 6.31. The van der Waals surface area contributed by atoms with Crippen LogP contribution in [0.4, 0.5) is 62.6 Å². The van der Waals surface area contributed by atoms with E-state index in [2.05, 4.69) is 554 Å². The first-order chi connectivity index (χ1) is 70.8. The van der Waals surface area contributed by atoms with Crippen molar-refractivity contribution in [3.05, 3.63) is 608 Å². The predicted octanol–water partition coefficient (Wildman–Crippen LogP) is 37.8. The fourth-order valence-corrected chi connectivity index (χ4v) is 23.4. The molecule has 2 aliphatic carbocycles. The monoisotopic (exact) mass is 1840 g/mol. The number of para-hydroxylation sites is 8. The average Bonchev–Trinajstić information content (AvgIpc) is 1.53. The van der Waals surface area contributed by atoms with Gasteiger partial charge in [0.2, 0.25) is 0 Å². The van der Waals surface area contributed by atoms with Crippen LogP contribution < -0.4 is 20.0 Å². The van der Waals surface area contributed by atoms with Gasteiger partial charge in [0, 0.05) is 50.3 Å². The van der Waals surface area contributed by atoms with E-state index in [0.717, 1.165) is 50.2 Å². The van der Waals surface area contributed by atoms with E-state index >= 15 is 0 Å². The molecular weight excluding hydrogens is 1750 g/mol. The normalized spacial score (nSPS) is 12.7. The van der Waals surface area contributed by atoms with Gasteiger partial charge >= 0.3 is 0 Å². The summed E-state index contributed by atoms with van der Waals surface area (Å²) in [5.74, 6) is 0. The Hall–Kier alpha value is -18.2. The molecule has 24 aromatic carbocycles. The molecule has 28 rings (SSSR count). The number of rotatable bonds is 13. The minimum absolute atomic E-state index is 0.466. The van der Waals surface area contributed by atoms with Gasteiger partial charge < -0.3 is 20.0 Å². The fourth-order valence-electron chi connectivity index (χ4n) is 23.3. The first-order valence-electron chi connectivity index (χ1n) is 49.2. The van der Waals surface area contributed by atoms with Crippen LogP contribution in [-0.2, 0) is 10.8 Å². The summed E-state index contributed by atoms with van der Waals surface area (Å²) in [6.07, 6.45) is 0. The molecule has 5 heteroatoms. The Kier molecular flexibility index (Phi) is 21.4. The largest absolute Gasteiger partial charge is 0.355 e. The lowest BCUT2D eigenvalue weighted by Crippen LogP contribution is -2.36. The third-order valence-corrected chi connectivity index (χ3v) is 29.8. The summed E-state index contributed by atoms with van der Waals surface area (Å²) in [5.41, 5.74) is 41.9. The van der Waals surface area contributed by atoms with E-state index in [9.17, 15) is 0 Å². The number of fused-ring (bicyclic) bond motifs is 24. The summed E-state index contributed by atoms with van der Waals surface area (Å²) in [5, 5.41) is 14.0. The topological polar surface area (TPSA) is 21.8 Å². The van der Waals surface area contributed by atoms with Crippen molar-refractivity contribution in [2.45, 2.75) is 10.8 Å². The lowest BCUT2D eigenvalue weighted by atomic mass is 9.64. The Bertz CT molecular complexity index is 8900. The zero-order valence-corrected chi connectivity index (χ0v) is 79.1. The van der Waals surface area contributed by atoms with Gasteiger partial charge in [-0.15, -0.1) is 0 Å². The number of halogens is 1. The van der Waals surface area contributed by atoms with Crippen molar-refractivity contribution in [2.24, 2.45) is 0 Å². The zero-order valence-electron chi connectivity index (χ0n) is 78.3. The Balaban J connectivity index is 0.000000124. The molecule has 0 saturated carbocycles. The number of benzene rings is 24. The molecule has 0 aromatic heterocycles. The Labute approximate surface area is 838 Å². The molecule has 2 heterocycles. The van der Waals surface area contributed by atoms with Gasteiger partial charge in [0.05, 0.1) is 39.3 Å². The van der Waals surface area contributed by atoms with Gasteiger partial charge in [0.15, 0.2) is 0 Å². The van der Waals surface area contributed by atoms with Crippen molar-refractivity contribution >= 4 is 117 Å². The van der Waals surface area contributed by atoms with E-state index in [1.165, 1.54) is 194 Å². The summed E-state index contributed by atoms with van der Waals surface area (Å²) >= 11 is 6.32. The standard InChI is InChI=1S/C69H46N2.C45H28ClN.C24H19N/c1-4-18-47(19-5-1)48-34-38-55(39-35-48)70(66-29-15-11-24-59(66)49-20-6-2-7-21-49)56-40-43-58-53(45-56)33-32-52-44-50(36-41-57(52)58)51-37-42-61-60-25-10-12-26-62(60)69(65(61)46-51)63-27-13-16-30-67(63)71(54-22-8-3-9-23-54)68-31-17-14-28-64(68)69;46-33-22-25-36-32(27-33)19-18-31-26-29(20-23-35(31)36)30-21-24-38-37-12-4-5-13-39(37)45(42(38)28-30)40-14-6-8-16-43(40)47(34-10-2-1-3-11-34)44-17-9-7-15-41(44)45;1-3-9-19(10-4-1)20-15-17-22(18-16-20)25-24-14-8-7-13-23(24)21-11-5-2-6-12-21/h1-46H;1-28H;1-18,25H. The van der Waals surface area contributed by atoms with E-state index in [0.29, 0.717) is 0 Å². The van der Waals surface area contributed by atoms with Gasteiger partial charge in [0.25, 0.3) is 0 Å². The number of hydrogen-bond acceptors (Lipinski definition) is 4. The van der Waals surface area contributed by atoms with Gasteiger partial charge in [0.1, 0.15) is 0 Å². The number of nitrogens with zero attached hydrogens (tertiary/aromatic N) is 3. The van der Waals surface area contributed by atoms with Crippen LogP contribution in [0.25, 0.3) is 132 Å². The van der Waals surface area contributed by atoms with Crippen LogP contribution in [0.15, 0.2) is 558 Å². The highest BCUT2D eigenvalue weighted by Crippen LogP contribution is 2.66. The lowest BCUT2D eigenvalue weighted by molar-refractivity contribution is 0.753. The van der Waals surface area contributed by atoms with Crippen LogP contribution in [0.2, 0.25) is 5.02 Å². The van der Waals surface area contributed by atoms with Crippen molar-refractivity contribution in [3.8, 4) is 89.0 Å². The smallest absolute Gasteiger partial charge is 0.0754 e. The molecule has 0 radical (unpaired) electrons. The van der Waals surface area contributed by atoms with Gasteiger partial charge in [-0.3, -0.25) is 0 Å². The first kappa shape index (κ1) is 85.2. The molecule has 672 valence electrons. The van der Waals surface area contributed by atoms with Gasteiger partial charge in [-0.25, -0.2) is 0 Å². The Morgan fingerprint density at radius 3 is 0.944 bits per heavy atom. The molecule has 1 N–H and O–H groups in total. The quantitative estimate of drug-likeness (QED) is 0.116. The highest BCUT2D eigenvalue weighted by Gasteiger charge is 2.54. The van der Waals surface area contributed by atoms with Crippen LogP contribution in [-0.4, -0.2) is 0 Å². The number of hydrogen-bond donors (Lipinski definition) is 1. The lowest BCUT2D eigenvalue weighted by Gasteiger charge is -2.45. The summed E-state index contributed by atoms with van der Waals surface area (Å²) in [6, 6.07) is 203. The van der Waals surface area contributed by atoms with Crippen LogP contribution >= 0.6 is 11.6 Å². The molecule has 24 aromatic rings. The maximum atomic E-state index is 6.32. The van der Waals surface area contributed by atoms with E-state index in [1.54, 1.807) is 0 Å². The van der Waals surface area contributed by atoms with Crippen LogP contribution in [0.1, 0.15) is 44.5 Å². The van der Waals surface area contributed by atoms with Crippen LogP contribution in [0, 0.1) is 0 Å². The second-order valence-electron chi connectivity index (χ2n) is 37.4. The minimum atomic E-state index is -0.509. The first-order valence-corrected chi connectivity index (χ1v) is 49.6. The Morgan fingerprint density at radius 2 is 0.490 bits per heavy atom. The molecule has 0 atom stereocenters. The maximum Gasteiger partial charge on any atom is 0.0754 e. The highest BCUT2D eigenvalue weighted by atomic mass is 35.5. The van der Waals surface area contributed by atoms with E-state index in [1.807, 2.05) is 24.3 Å². The maximum absolute atomic E-state index is 6.32. The molecule has 143 heavy (non-hydrogen) atoms. The zero-order chi connectivity index (χ0) is 94.9. The summed E-state index contributed by atoms with van der Waals surface area (Å²) in [7, 11) is 0. The van der Waals surface area contributed by atoms with Crippen molar-refractivity contribution in [1.29, 1.82) is 0 Å². The van der Waals surface area contributed by atoms with E-state index in [4.69, 9.17) is 11.6 Å². The third kappa shape index (κ3) is 14.7.